The van der Waals surface area contributed by atoms with Gasteiger partial charge in [-0.3, -0.25) is 4.79 Å². The molecule has 0 aromatic heterocycles. The SMILES string of the molecule is CCCNC(CCOc1c(C)cc(C)cc1C)C(N)=O. The molecule has 4 nitrogen and oxygen atoms in total. The van der Waals surface area contributed by atoms with Crippen molar-refractivity contribution in [1.29, 1.82) is 0 Å². The molecule has 20 heavy (non-hydrogen) atoms. The molecule has 1 unspecified atom stereocenters. The molecule has 0 aliphatic heterocycles. The molecule has 1 amide bonds. The summed E-state index contributed by atoms with van der Waals surface area (Å²) in [6.45, 7) is 9.47. The Balaban J connectivity index is 2.56. The van der Waals surface area contributed by atoms with Gasteiger partial charge in [-0.15, -0.1) is 0 Å². The lowest BCUT2D eigenvalue weighted by atomic mass is 10.1. The number of aryl methyl sites for hydroxylation is 3. The van der Waals surface area contributed by atoms with E-state index in [2.05, 4.69) is 31.3 Å². The molecule has 1 aromatic carbocycles. The van der Waals surface area contributed by atoms with E-state index in [1.165, 1.54) is 5.56 Å². The first-order valence-corrected chi connectivity index (χ1v) is 7.19. The van der Waals surface area contributed by atoms with Gasteiger partial charge in [0, 0.05) is 6.42 Å². The second-order valence-electron chi connectivity index (χ2n) is 5.27. The highest BCUT2D eigenvalue weighted by Crippen LogP contribution is 2.24. The van der Waals surface area contributed by atoms with Crippen molar-refractivity contribution < 1.29 is 9.53 Å². The van der Waals surface area contributed by atoms with Gasteiger partial charge in [-0.1, -0.05) is 24.6 Å². The molecule has 0 saturated heterocycles. The first-order valence-electron chi connectivity index (χ1n) is 7.19. The van der Waals surface area contributed by atoms with Gasteiger partial charge in [0.15, 0.2) is 0 Å². The number of rotatable bonds is 8. The van der Waals surface area contributed by atoms with Gasteiger partial charge in [-0.05, 0) is 44.9 Å². The molecular weight excluding hydrogens is 252 g/mol. The van der Waals surface area contributed by atoms with Crippen molar-refractivity contribution in [3.05, 3.63) is 28.8 Å². The Hall–Kier alpha value is -1.55. The van der Waals surface area contributed by atoms with E-state index in [4.69, 9.17) is 10.5 Å². The lowest BCUT2D eigenvalue weighted by Crippen LogP contribution is -2.42. The zero-order valence-corrected chi connectivity index (χ0v) is 13.0. The van der Waals surface area contributed by atoms with Gasteiger partial charge in [0.05, 0.1) is 12.6 Å². The van der Waals surface area contributed by atoms with E-state index in [0.717, 1.165) is 29.8 Å². The van der Waals surface area contributed by atoms with Gasteiger partial charge in [0.1, 0.15) is 5.75 Å². The standard InChI is InChI=1S/C16H26N2O2/c1-5-7-18-14(16(17)19)6-8-20-15-12(3)9-11(2)10-13(15)4/h9-10,14,18H,5-8H2,1-4H3,(H2,17,19). The van der Waals surface area contributed by atoms with Gasteiger partial charge in [0.25, 0.3) is 0 Å². The fourth-order valence-electron chi connectivity index (χ4n) is 2.34. The summed E-state index contributed by atoms with van der Waals surface area (Å²) in [6, 6.07) is 3.88. The number of carbonyl (C=O) groups is 1. The average Bonchev–Trinajstić information content (AvgIpc) is 2.35. The van der Waals surface area contributed by atoms with Gasteiger partial charge >= 0.3 is 0 Å². The first kappa shape index (κ1) is 16.5. The van der Waals surface area contributed by atoms with Gasteiger partial charge in [-0.25, -0.2) is 0 Å². The molecule has 0 radical (unpaired) electrons. The van der Waals surface area contributed by atoms with Crippen LogP contribution in [0.1, 0.15) is 36.5 Å². The zero-order chi connectivity index (χ0) is 15.1. The van der Waals surface area contributed by atoms with Crippen LogP contribution in [-0.4, -0.2) is 25.1 Å². The van der Waals surface area contributed by atoms with E-state index in [9.17, 15) is 4.79 Å². The van der Waals surface area contributed by atoms with Crippen LogP contribution in [0.3, 0.4) is 0 Å². The third-order valence-corrected chi connectivity index (χ3v) is 3.24. The van der Waals surface area contributed by atoms with Crippen molar-refractivity contribution in [3.8, 4) is 5.75 Å². The molecule has 0 bridgehead atoms. The molecule has 0 fully saturated rings. The van der Waals surface area contributed by atoms with Gasteiger partial charge in [0.2, 0.25) is 5.91 Å². The Labute approximate surface area is 121 Å². The van der Waals surface area contributed by atoms with Crippen molar-refractivity contribution >= 4 is 5.91 Å². The van der Waals surface area contributed by atoms with Gasteiger partial charge in [-0.2, -0.15) is 0 Å². The summed E-state index contributed by atoms with van der Waals surface area (Å²) in [7, 11) is 0. The van der Waals surface area contributed by atoms with Crippen LogP contribution < -0.4 is 15.8 Å². The quantitative estimate of drug-likeness (QED) is 0.766. The molecule has 1 rings (SSSR count). The highest BCUT2D eigenvalue weighted by molar-refractivity contribution is 5.79. The first-order chi connectivity index (χ1) is 9.45. The molecule has 4 heteroatoms. The fraction of sp³-hybridized carbons (Fsp3) is 0.562. The number of nitrogens with one attached hydrogen (secondary N) is 1. The zero-order valence-electron chi connectivity index (χ0n) is 13.0. The fourth-order valence-corrected chi connectivity index (χ4v) is 2.34. The molecule has 112 valence electrons. The largest absolute Gasteiger partial charge is 0.493 e. The number of hydrogen-bond acceptors (Lipinski definition) is 3. The predicted molar refractivity (Wildman–Crippen MR) is 82.0 cm³/mol. The summed E-state index contributed by atoms with van der Waals surface area (Å²) in [6.07, 6.45) is 1.56. The Morgan fingerprint density at radius 1 is 1.30 bits per heavy atom. The monoisotopic (exact) mass is 278 g/mol. The van der Waals surface area contributed by atoms with Crippen LogP contribution >= 0.6 is 0 Å². The maximum absolute atomic E-state index is 11.3. The van der Waals surface area contributed by atoms with Crippen molar-refractivity contribution in [1.82, 2.24) is 5.32 Å². The highest BCUT2D eigenvalue weighted by atomic mass is 16.5. The van der Waals surface area contributed by atoms with Gasteiger partial charge < -0.3 is 15.8 Å². The molecule has 0 heterocycles. The summed E-state index contributed by atoms with van der Waals surface area (Å²) in [5.41, 5.74) is 8.86. The minimum absolute atomic E-state index is 0.319. The summed E-state index contributed by atoms with van der Waals surface area (Å²) >= 11 is 0. The van der Waals surface area contributed by atoms with Crippen LogP contribution in [-0.2, 0) is 4.79 Å². The predicted octanol–water partition coefficient (Wildman–Crippen LogP) is 2.23. The van der Waals surface area contributed by atoms with Crippen molar-refractivity contribution in [2.75, 3.05) is 13.2 Å². The van der Waals surface area contributed by atoms with Crippen LogP contribution in [0.15, 0.2) is 12.1 Å². The Kier molecular flexibility index (Phi) is 6.52. The third-order valence-electron chi connectivity index (χ3n) is 3.24. The molecule has 0 aliphatic carbocycles. The highest BCUT2D eigenvalue weighted by Gasteiger charge is 2.14. The second kappa shape index (κ2) is 7.90. The van der Waals surface area contributed by atoms with E-state index in [0.29, 0.717) is 13.0 Å². The van der Waals surface area contributed by atoms with Crippen molar-refractivity contribution in [2.45, 2.75) is 46.6 Å². The van der Waals surface area contributed by atoms with Crippen molar-refractivity contribution in [2.24, 2.45) is 5.73 Å². The number of ether oxygens (including phenoxy) is 1. The Morgan fingerprint density at radius 3 is 2.40 bits per heavy atom. The molecule has 0 saturated carbocycles. The van der Waals surface area contributed by atoms with E-state index in [1.54, 1.807) is 0 Å². The maximum atomic E-state index is 11.3. The summed E-state index contributed by atoms with van der Waals surface area (Å²) in [5.74, 6) is 0.591. The smallest absolute Gasteiger partial charge is 0.234 e. The number of hydrogen-bond donors (Lipinski definition) is 2. The molecule has 3 N–H and O–H groups in total. The lowest BCUT2D eigenvalue weighted by Gasteiger charge is -2.17. The number of nitrogens with two attached hydrogens (primary N) is 1. The topological polar surface area (TPSA) is 64.3 Å². The Bertz CT molecular complexity index is 435. The van der Waals surface area contributed by atoms with Crippen LogP contribution in [0.25, 0.3) is 0 Å². The van der Waals surface area contributed by atoms with Crippen LogP contribution in [0.4, 0.5) is 0 Å². The maximum Gasteiger partial charge on any atom is 0.234 e. The Morgan fingerprint density at radius 2 is 1.90 bits per heavy atom. The van der Waals surface area contributed by atoms with Crippen LogP contribution in [0, 0.1) is 20.8 Å². The number of primary amides is 1. The summed E-state index contributed by atoms with van der Waals surface area (Å²) < 4.78 is 5.84. The second-order valence-corrected chi connectivity index (χ2v) is 5.27. The van der Waals surface area contributed by atoms with E-state index in [-0.39, 0.29) is 11.9 Å². The minimum atomic E-state index is -0.320. The summed E-state index contributed by atoms with van der Waals surface area (Å²) in [4.78, 5) is 11.3. The molecular formula is C16H26N2O2. The van der Waals surface area contributed by atoms with Crippen molar-refractivity contribution in [3.63, 3.8) is 0 Å². The molecule has 1 aromatic rings. The molecule has 0 aliphatic rings. The molecule has 1 atom stereocenters. The number of amides is 1. The van der Waals surface area contributed by atoms with E-state index >= 15 is 0 Å². The number of carbonyl (C=O) groups excluding carboxylic acids is 1. The van der Waals surface area contributed by atoms with Crippen LogP contribution in [0.5, 0.6) is 5.75 Å². The minimum Gasteiger partial charge on any atom is -0.493 e. The van der Waals surface area contributed by atoms with E-state index < -0.39 is 0 Å². The number of benzene rings is 1. The third kappa shape index (κ3) is 4.85. The summed E-state index contributed by atoms with van der Waals surface area (Å²) in [5, 5.41) is 3.14. The van der Waals surface area contributed by atoms with Crippen LogP contribution in [0.2, 0.25) is 0 Å². The molecule has 0 spiro atoms. The normalized spacial score (nSPS) is 12.2. The average molecular weight is 278 g/mol. The lowest BCUT2D eigenvalue weighted by molar-refractivity contribution is -0.120. The van der Waals surface area contributed by atoms with E-state index in [1.807, 2.05) is 13.8 Å².